The molecule has 0 aliphatic carbocycles. The zero-order valence-corrected chi connectivity index (χ0v) is 10.1. The second-order valence-electron chi connectivity index (χ2n) is 4.30. The standard InChI is InChI=1S/C13H16ClFO/c1-2-13(9-11(14)6-7-16-13)10-4-3-5-12(15)8-10/h3-5,8,11H,2,6-7,9H2,1H3. The van der Waals surface area contributed by atoms with Gasteiger partial charge < -0.3 is 4.74 Å². The molecule has 3 heteroatoms. The molecule has 1 nitrogen and oxygen atoms in total. The van der Waals surface area contributed by atoms with Crippen molar-refractivity contribution in [1.29, 1.82) is 0 Å². The molecule has 16 heavy (non-hydrogen) atoms. The fourth-order valence-corrected chi connectivity index (χ4v) is 2.66. The molecule has 88 valence electrons. The lowest BCUT2D eigenvalue weighted by atomic mass is 9.84. The van der Waals surface area contributed by atoms with Gasteiger partial charge in [-0.25, -0.2) is 4.39 Å². The maximum atomic E-state index is 13.2. The average molecular weight is 243 g/mol. The second-order valence-corrected chi connectivity index (χ2v) is 4.91. The summed E-state index contributed by atoms with van der Waals surface area (Å²) in [5, 5.41) is 0.122. The van der Waals surface area contributed by atoms with Crippen LogP contribution in [0.2, 0.25) is 0 Å². The Kier molecular flexibility index (Phi) is 3.50. The van der Waals surface area contributed by atoms with Gasteiger partial charge >= 0.3 is 0 Å². The van der Waals surface area contributed by atoms with Crippen molar-refractivity contribution >= 4 is 11.6 Å². The van der Waals surface area contributed by atoms with Gasteiger partial charge in [0.2, 0.25) is 0 Å². The molecule has 0 amide bonds. The Balaban J connectivity index is 2.33. The van der Waals surface area contributed by atoms with Gasteiger partial charge in [0, 0.05) is 12.0 Å². The molecule has 2 atom stereocenters. The molecule has 2 rings (SSSR count). The summed E-state index contributed by atoms with van der Waals surface area (Å²) in [7, 11) is 0. The van der Waals surface area contributed by atoms with Crippen LogP contribution in [0, 0.1) is 5.82 Å². The summed E-state index contributed by atoms with van der Waals surface area (Å²) in [5.74, 6) is -0.217. The number of rotatable bonds is 2. The Hall–Kier alpha value is -0.600. The first-order valence-corrected chi connectivity index (χ1v) is 6.14. The number of benzene rings is 1. The van der Waals surface area contributed by atoms with Crippen LogP contribution >= 0.6 is 11.6 Å². The highest BCUT2D eigenvalue weighted by Crippen LogP contribution is 2.39. The number of ether oxygens (including phenoxy) is 1. The van der Waals surface area contributed by atoms with E-state index in [2.05, 4.69) is 6.92 Å². The SMILES string of the molecule is CCC1(c2cccc(F)c2)CC(Cl)CCO1. The van der Waals surface area contributed by atoms with E-state index in [1.54, 1.807) is 12.1 Å². The number of halogens is 2. The summed E-state index contributed by atoms with van der Waals surface area (Å²) >= 11 is 6.20. The predicted octanol–water partition coefficient (Wildman–Crippen LogP) is 3.85. The van der Waals surface area contributed by atoms with Crippen molar-refractivity contribution in [2.45, 2.75) is 37.2 Å². The summed E-state index contributed by atoms with van der Waals surface area (Å²) in [6, 6.07) is 6.65. The van der Waals surface area contributed by atoms with Crippen molar-refractivity contribution in [2.24, 2.45) is 0 Å². The lowest BCUT2D eigenvalue weighted by molar-refractivity contribution is -0.0849. The first-order chi connectivity index (χ1) is 7.66. The van der Waals surface area contributed by atoms with E-state index in [-0.39, 0.29) is 11.2 Å². The third-order valence-corrected chi connectivity index (χ3v) is 3.66. The van der Waals surface area contributed by atoms with Gasteiger partial charge in [-0.2, -0.15) is 0 Å². The monoisotopic (exact) mass is 242 g/mol. The quantitative estimate of drug-likeness (QED) is 0.716. The fraction of sp³-hybridized carbons (Fsp3) is 0.538. The van der Waals surface area contributed by atoms with Gasteiger partial charge in [0.15, 0.2) is 0 Å². The molecule has 0 aromatic heterocycles. The van der Waals surface area contributed by atoms with Crippen LogP contribution < -0.4 is 0 Å². The highest BCUT2D eigenvalue weighted by Gasteiger charge is 2.37. The zero-order chi connectivity index (χ0) is 11.6. The Bertz CT molecular complexity index is 369. The molecule has 1 aromatic rings. The first kappa shape index (κ1) is 11.9. The van der Waals surface area contributed by atoms with Gasteiger partial charge in [0.25, 0.3) is 0 Å². The van der Waals surface area contributed by atoms with E-state index in [1.165, 1.54) is 6.07 Å². The minimum Gasteiger partial charge on any atom is -0.370 e. The summed E-state index contributed by atoms with van der Waals surface area (Å²) < 4.78 is 19.1. The molecule has 2 unspecified atom stereocenters. The van der Waals surface area contributed by atoms with Crippen LogP contribution in [0.3, 0.4) is 0 Å². The van der Waals surface area contributed by atoms with Crippen LogP contribution in [-0.2, 0) is 10.3 Å². The van der Waals surface area contributed by atoms with Crippen LogP contribution in [0.25, 0.3) is 0 Å². The van der Waals surface area contributed by atoms with Gasteiger partial charge in [-0.05, 0) is 37.0 Å². The zero-order valence-electron chi connectivity index (χ0n) is 9.38. The largest absolute Gasteiger partial charge is 0.370 e. The normalized spacial score (nSPS) is 30.3. The minimum absolute atomic E-state index is 0.122. The van der Waals surface area contributed by atoms with Crippen LogP contribution in [0.5, 0.6) is 0 Å². The van der Waals surface area contributed by atoms with E-state index in [4.69, 9.17) is 16.3 Å². The molecule has 1 aliphatic heterocycles. The molecule has 1 heterocycles. The number of hydrogen-bond acceptors (Lipinski definition) is 1. The number of alkyl halides is 1. The van der Waals surface area contributed by atoms with Gasteiger partial charge in [-0.1, -0.05) is 19.1 Å². The van der Waals surface area contributed by atoms with Gasteiger partial charge in [0.1, 0.15) is 5.82 Å². The van der Waals surface area contributed by atoms with E-state index in [9.17, 15) is 4.39 Å². The number of hydrogen-bond donors (Lipinski definition) is 0. The molecule has 1 saturated heterocycles. The predicted molar refractivity (Wildman–Crippen MR) is 63.2 cm³/mol. The van der Waals surface area contributed by atoms with Crippen molar-refractivity contribution in [3.8, 4) is 0 Å². The summed E-state index contributed by atoms with van der Waals surface area (Å²) in [6.07, 6.45) is 2.45. The molecule has 1 fully saturated rings. The molecule has 1 aromatic carbocycles. The van der Waals surface area contributed by atoms with E-state index in [0.717, 1.165) is 24.8 Å². The van der Waals surface area contributed by atoms with Crippen LogP contribution in [0.4, 0.5) is 4.39 Å². The van der Waals surface area contributed by atoms with Crippen molar-refractivity contribution < 1.29 is 9.13 Å². The Labute approximate surface area is 101 Å². The summed E-state index contributed by atoms with van der Waals surface area (Å²) in [4.78, 5) is 0. The van der Waals surface area contributed by atoms with E-state index >= 15 is 0 Å². The van der Waals surface area contributed by atoms with Crippen molar-refractivity contribution in [3.63, 3.8) is 0 Å². The minimum atomic E-state index is -0.396. The Morgan fingerprint density at radius 3 is 3.00 bits per heavy atom. The van der Waals surface area contributed by atoms with E-state index in [0.29, 0.717) is 6.61 Å². The third-order valence-electron chi connectivity index (χ3n) is 3.28. The highest BCUT2D eigenvalue weighted by atomic mass is 35.5. The Morgan fingerprint density at radius 1 is 1.56 bits per heavy atom. The van der Waals surface area contributed by atoms with Gasteiger partial charge in [-0.15, -0.1) is 11.6 Å². The Morgan fingerprint density at radius 2 is 2.38 bits per heavy atom. The summed E-state index contributed by atoms with van der Waals surface area (Å²) in [6.45, 7) is 2.71. The second kappa shape index (κ2) is 4.72. The average Bonchev–Trinajstić information content (AvgIpc) is 2.29. The van der Waals surface area contributed by atoms with Crippen molar-refractivity contribution in [3.05, 3.63) is 35.6 Å². The van der Waals surface area contributed by atoms with Crippen LogP contribution in [0.1, 0.15) is 31.7 Å². The lowest BCUT2D eigenvalue weighted by Crippen LogP contribution is -2.37. The first-order valence-electron chi connectivity index (χ1n) is 5.70. The van der Waals surface area contributed by atoms with Crippen molar-refractivity contribution in [1.82, 2.24) is 0 Å². The molecule has 0 saturated carbocycles. The van der Waals surface area contributed by atoms with Crippen molar-refractivity contribution in [2.75, 3.05) is 6.61 Å². The fourth-order valence-electron chi connectivity index (χ4n) is 2.32. The van der Waals surface area contributed by atoms with Gasteiger partial charge in [0.05, 0.1) is 5.60 Å². The van der Waals surface area contributed by atoms with E-state index < -0.39 is 5.60 Å². The lowest BCUT2D eigenvalue weighted by Gasteiger charge is -2.39. The van der Waals surface area contributed by atoms with Gasteiger partial charge in [-0.3, -0.25) is 0 Å². The molecule has 0 radical (unpaired) electrons. The molecule has 1 aliphatic rings. The molecule has 0 bridgehead atoms. The maximum Gasteiger partial charge on any atom is 0.123 e. The van der Waals surface area contributed by atoms with Crippen LogP contribution in [-0.4, -0.2) is 12.0 Å². The maximum absolute atomic E-state index is 13.2. The van der Waals surface area contributed by atoms with E-state index in [1.807, 2.05) is 6.07 Å². The molecule has 0 spiro atoms. The molecular weight excluding hydrogens is 227 g/mol. The highest BCUT2D eigenvalue weighted by molar-refractivity contribution is 6.20. The molecular formula is C13H16ClFO. The summed E-state index contributed by atoms with van der Waals surface area (Å²) in [5.41, 5.74) is 0.507. The smallest absolute Gasteiger partial charge is 0.123 e. The molecule has 0 N–H and O–H groups in total. The van der Waals surface area contributed by atoms with Crippen LogP contribution in [0.15, 0.2) is 24.3 Å². The third kappa shape index (κ3) is 2.23. The topological polar surface area (TPSA) is 9.23 Å².